The molecular formula is C11H16N6O2. The highest BCUT2D eigenvalue weighted by Gasteiger charge is 2.16. The molecule has 0 saturated carbocycles. The molecule has 2 N–H and O–H groups in total. The largest absolute Gasteiger partial charge is 0.374 e. The third-order valence-corrected chi connectivity index (χ3v) is 3.13. The van der Waals surface area contributed by atoms with Crippen LogP contribution in [0.15, 0.2) is 16.9 Å². The van der Waals surface area contributed by atoms with Gasteiger partial charge in [0.05, 0.1) is 12.7 Å². The van der Waals surface area contributed by atoms with E-state index in [0.29, 0.717) is 11.5 Å². The number of anilines is 1. The van der Waals surface area contributed by atoms with Crippen molar-refractivity contribution in [2.24, 2.45) is 0 Å². The molecule has 1 aliphatic rings. The second-order valence-electron chi connectivity index (χ2n) is 4.57. The third-order valence-electron chi connectivity index (χ3n) is 3.13. The van der Waals surface area contributed by atoms with Crippen molar-refractivity contribution in [3.05, 3.63) is 22.6 Å². The maximum Gasteiger partial charge on any atom is 0.364 e. The number of morpholine rings is 1. The lowest BCUT2D eigenvalue weighted by Gasteiger charge is -2.28. The summed E-state index contributed by atoms with van der Waals surface area (Å²) in [4.78, 5) is 13.4. The summed E-state index contributed by atoms with van der Waals surface area (Å²) in [6.45, 7) is 3.18. The van der Waals surface area contributed by atoms with Gasteiger partial charge in [0.15, 0.2) is 5.65 Å². The lowest BCUT2D eigenvalue weighted by molar-refractivity contribution is 0.0339. The molecule has 0 amide bonds. The zero-order chi connectivity index (χ0) is 13.2. The van der Waals surface area contributed by atoms with Crippen molar-refractivity contribution in [3.8, 4) is 0 Å². The summed E-state index contributed by atoms with van der Waals surface area (Å²) >= 11 is 0. The van der Waals surface area contributed by atoms with Crippen LogP contribution in [0.25, 0.3) is 5.65 Å². The molecule has 1 aliphatic heterocycles. The van der Waals surface area contributed by atoms with Crippen molar-refractivity contribution in [3.63, 3.8) is 0 Å². The van der Waals surface area contributed by atoms with Crippen molar-refractivity contribution in [1.82, 2.24) is 25.1 Å². The van der Waals surface area contributed by atoms with Crippen LogP contribution in [0.3, 0.4) is 0 Å². The van der Waals surface area contributed by atoms with Gasteiger partial charge < -0.3 is 15.0 Å². The Morgan fingerprint density at radius 3 is 3.26 bits per heavy atom. The van der Waals surface area contributed by atoms with Crippen LogP contribution in [0, 0.1) is 0 Å². The Hall–Kier alpha value is -1.93. The Labute approximate surface area is 109 Å². The lowest BCUT2D eigenvalue weighted by Crippen LogP contribution is -2.44. The molecule has 0 aromatic carbocycles. The Balaban J connectivity index is 1.78. The number of ether oxygens (including phenoxy) is 1. The number of nitrogens with zero attached hydrogens (tertiary/aromatic N) is 4. The standard InChI is InChI=1S/C11H16N6O2/c1-16(7-8-6-12-4-5-19-8)10-3-2-9-13-14-11(18)17(9)15-10/h2-3,8,12H,4-7H2,1H3,(H,14,18). The zero-order valence-corrected chi connectivity index (χ0v) is 10.7. The van der Waals surface area contributed by atoms with Gasteiger partial charge >= 0.3 is 5.69 Å². The highest BCUT2D eigenvalue weighted by atomic mass is 16.5. The van der Waals surface area contributed by atoms with E-state index in [-0.39, 0.29) is 11.8 Å². The lowest BCUT2D eigenvalue weighted by atomic mass is 10.3. The summed E-state index contributed by atoms with van der Waals surface area (Å²) in [6.07, 6.45) is 0.136. The normalized spacial score (nSPS) is 19.7. The van der Waals surface area contributed by atoms with Gasteiger partial charge in [-0.15, -0.1) is 5.10 Å². The van der Waals surface area contributed by atoms with Crippen LogP contribution < -0.4 is 15.9 Å². The summed E-state index contributed by atoms with van der Waals surface area (Å²) in [5.41, 5.74) is 0.179. The molecule has 1 saturated heterocycles. The number of H-pyrrole nitrogens is 1. The fraction of sp³-hybridized carbons (Fsp3) is 0.545. The maximum atomic E-state index is 11.5. The predicted octanol–water partition coefficient (Wildman–Crippen LogP) is -1.16. The van der Waals surface area contributed by atoms with Gasteiger partial charge in [0.2, 0.25) is 0 Å². The number of aromatic nitrogens is 4. The first-order valence-electron chi connectivity index (χ1n) is 6.22. The van der Waals surface area contributed by atoms with E-state index in [4.69, 9.17) is 4.74 Å². The first-order chi connectivity index (χ1) is 9.24. The molecule has 19 heavy (non-hydrogen) atoms. The first kappa shape index (κ1) is 12.1. The van der Waals surface area contributed by atoms with Crippen molar-refractivity contribution < 1.29 is 4.74 Å². The van der Waals surface area contributed by atoms with Crippen LogP contribution >= 0.6 is 0 Å². The Morgan fingerprint density at radius 1 is 1.58 bits per heavy atom. The number of fused-ring (bicyclic) bond motifs is 1. The monoisotopic (exact) mass is 264 g/mol. The van der Waals surface area contributed by atoms with Crippen LogP contribution in [0.4, 0.5) is 5.82 Å². The van der Waals surface area contributed by atoms with Crippen LogP contribution in [-0.2, 0) is 4.74 Å². The van der Waals surface area contributed by atoms with Crippen LogP contribution in [-0.4, -0.2) is 59.2 Å². The molecule has 3 heterocycles. The van der Waals surface area contributed by atoms with Crippen LogP contribution in [0.1, 0.15) is 0 Å². The maximum absolute atomic E-state index is 11.5. The van der Waals surface area contributed by atoms with E-state index in [9.17, 15) is 4.79 Å². The number of nitrogens with one attached hydrogen (secondary N) is 2. The Kier molecular flexibility index (Phi) is 3.18. The molecule has 1 unspecified atom stereocenters. The topological polar surface area (TPSA) is 87.5 Å². The predicted molar refractivity (Wildman–Crippen MR) is 69.5 cm³/mol. The second kappa shape index (κ2) is 4.98. The highest BCUT2D eigenvalue weighted by molar-refractivity contribution is 5.44. The smallest absolute Gasteiger partial charge is 0.364 e. The van der Waals surface area contributed by atoms with Crippen LogP contribution in [0.5, 0.6) is 0 Å². The van der Waals surface area contributed by atoms with Gasteiger partial charge in [-0.1, -0.05) is 0 Å². The fourth-order valence-electron chi connectivity index (χ4n) is 2.13. The van der Waals surface area contributed by atoms with Gasteiger partial charge in [0.1, 0.15) is 5.82 Å². The summed E-state index contributed by atoms with van der Waals surface area (Å²) < 4.78 is 6.90. The summed E-state index contributed by atoms with van der Waals surface area (Å²) in [6, 6.07) is 3.60. The van der Waals surface area contributed by atoms with E-state index in [2.05, 4.69) is 20.6 Å². The van der Waals surface area contributed by atoms with Gasteiger partial charge in [-0.3, -0.25) is 0 Å². The highest BCUT2D eigenvalue weighted by Crippen LogP contribution is 2.10. The molecule has 1 atom stereocenters. The molecular weight excluding hydrogens is 248 g/mol. The number of rotatable bonds is 3. The summed E-state index contributed by atoms with van der Waals surface area (Å²) in [7, 11) is 1.93. The van der Waals surface area contributed by atoms with Crippen LogP contribution in [0.2, 0.25) is 0 Å². The zero-order valence-electron chi connectivity index (χ0n) is 10.7. The van der Waals surface area contributed by atoms with E-state index >= 15 is 0 Å². The van der Waals surface area contributed by atoms with Crippen molar-refractivity contribution in [2.75, 3.05) is 38.2 Å². The molecule has 8 nitrogen and oxygen atoms in total. The summed E-state index contributed by atoms with van der Waals surface area (Å²) in [5, 5.41) is 13.8. The Morgan fingerprint density at radius 2 is 2.47 bits per heavy atom. The first-order valence-corrected chi connectivity index (χ1v) is 6.22. The number of likely N-dealkylation sites (N-methyl/N-ethyl adjacent to an activating group) is 1. The molecule has 102 valence electrons. The summed E-state index contributed by atoms with van der Waals surface area (Å²) in [5.74, 6) is 0.713. The third kappa shape index (κ3) is 2.45. The van der Waals surface area contributed by atoms with Gasteiger partial charge in [-0.05, 0) is 12.1 Å². The molecule has 0 bridgehead atoms. The molecule has 0 spiro atoms. The average molecular weight is 264 g/mol. The van der Waals surface area contributed by atoms with E-state index in [1.54, 1.807) is 6.07 Å². The molecule has 0 radical (unpaired) electrons. The van der Waals surface area contributed by atoms with E-state index in [1.807, 2.05) is 18.0 Å². The molecule has 2 aromatic heterocycles. The van der Waals surface area contributed by atoms with E-state index in [0.717, 1.165) is 26.2 Å². The van der Waals surface area contributed by atoms with Crippen molar-refractivity contribution >= 4 is 11.5 Å². The van der Waals surface area contributed by atoms with Crippen molar-refractivity contribution in [2.45, 2.75) is 6.10 Å². The minimum absolute atomic E-state index is 0.136. The minimum atomic E-state index is -0.333. The molecule has 0 aliphatic carbocycles. The van der Waals surface area contributed by atoms with Gasteiger partial charge in [0, 0.05) is 26.7 Å². The van der Waals surface area contributed by atoms with Gasteiger partial charge in [0.25, 0.3) is 0 Å². The Bertz CT molecular complexity index is 615. The van der Waals surface area contributed by atoms with E-state index in [1.165, 1.54) is 4.52 Å². The van der Waals surface area contributed by atoms with Crippen molar-refractivity contribution in [1.29, 1.82) is 0 Å². The number of hydrogen-bond donors (Lipinski definition) is 2. The average Bonchev–Trinajstić information content (AvgIpc) is 2.81. The molecule has 3 rings (SSSR count). The minimum Gasteiger partial charge on any atom is -0.374 e. The second-order valence-corrected chi connectivity index (χ2v) is 4.57. The molecule has 8 heteroatoms. The molecule has 2 aromatic rings. The number of aromatic amines is 1. The quantitative estimate of drug-likeness (QED) is 0.727. The fourth-order valence-corrected chi connectivity index (χ4v) is 2.13. The van der Waals surface area contributed by atoms with E-state index < -0.39 is 0 Å². The molecule has 1 fully saturated rings. The van der Waals surface area contributed by atoms with Gasteiger partial charge in [-0.2, -0.15) is 9.61 Å². The number of hydrogen-bond acceptors (Lipinski definition) is 6. The van der Waals surface area contributed by atoms with Gasteiger partial charge in [-0.25, -0.2) is 9.89 Å². The SMILES string of the molecule is CN(CC1CNCCO1)c1ccc2n[nH]c(=O)n2n1.